The van der Waals surface area contributed by atoms with Crippen molar-refractivity contribution in [3.8, 4) is 66.8 Å². The van der Waals surface area contributed by atoms with E-state index in [4.69, 9.17) is 0 Å². The van der Waals surface area contributed by atoms with Gasteiger partial charge in [-0.05, 0) is 145 Å². The van der Waals surface area contributed by atoms with Gasteiger partial charge in [-0.3, -0.25) is 0 Å². The molecule has 0 radical (unpaired) electrons. The average Bonchev–Trinajstić information content (AvgIpc) is 3.61. The van der Waals surface area contributed by atoms with Crippen LogP contribution in [0.15, 0.2) is 133 Å². The van der Waals surface area contributed by atoms with Gasteiger partial charge in [-0.25, -0.2) is 0 Å². The van der Waals surface area contributed by atoms with Crippen molar-refractivity contribution in [2.45, 2.75) is 143 Å². The Morgan fingerprint density at radius 2 is 0.547 bits per heavy atom. The minimum Gasteiger partial charge on any atom is -0.0616 e. The SMILES string of the molecule is CC(C)(C)c1ccc2c(c1)C(C)(C)c1cc(C(C)(C)C)cc(-c3ccc(-c4ccccc4-c4ccc(-c5cc(C(C)(C)C)cc6c5-c5ccc(C(C)(C)C)cc5C6(C)C)cc4)cc3)c1-2. The van der Waals surface area contributed by atoms with Gasteiger partial charge in [0, 0.05) is 10.8 Å². The maximum atomic E-state index is 2.50. The second-order valence-electron chi connectivity index (χ2n) is 24.4. The monoisotopic (exact) mass is 839 g/mol. The Bertz CT molecular complexity index is 2760. The first kappa shape index (κ1) is 43.8. The fraction of sp³-hybridized carbons (Fsp3) is 0.344. The molecule has 2 aliphatic carbocycles. The molecule has 0 aliphatic heterocycles. The van der Waals surface area contributed by atoms with Crippen LogP contribution in [-0.4, -0.2) is 0 Å². The summed E-state index contributed by atoms with van der Waals surface area (Å²) in [6, 6.07) is 52.2. The van der Waals surface area contributed by atoms with Gasteiger partial charge >= 0.3 is 0 Å². The van der Waals surface area contributed by atoms with E-state index in [0.717, 1.165) is 0 Å². The summed E-state index contributed by atoms with van der Waals surface area (Å²) in [6.07, 6.45) is 0. The van der Waals surface area contributed by atoms with E-state index in [0.29, 0.717) is 0 Å². The molecule has 0 bridgehead atoms. The lowest BCUT2D eigenvalue weighted by Crippen LogP contribution is -2.19. The first-order chi connectivity index (χ1) is 29.8. The van der Waals surface area contributed by atoms with Gasteiger partial charge < -0.3 is 0 Å². The van der Waals surface area contributed by atoms with E-state index >= 15 is 0 Å². The predicted octanol–water partition coefficient (Wildman–Crippen LogP) is 18.2. The van der Waals surface area contributed by atoms with Gasteiger partial charge in [0.25, 0.3) is 0 Å². The predicted molar refractivity (Wildman–Crippen MR) is 278 cm³/mol. The molecule has 0 fully saturated rings. The molecule has 9 rings (SSSR count). The molecule has 0 saturated heterocycles. The molecule has 0 heteroatoms. The highest BCUT2D eigenvalue weighted by Gasteiger charge is 2.41. The lowest BCUT2D eigenvalue weighted by molar-refractivity contribution is 0.579. The molecule has 0 atom stereocenters. The fourth-order valence-corrected chi connectivity index (χ4v) is 10.6. The van der Waals surface area contributed by atoms with E-state index in [2.05, 4.69) is 244 Å². The summed E-state index contributed by atoms with van der Waals surface area (Å²) in [5.74, 6) is 0. The zero-order valence-electron chi connectivity index (χ0n) is 41.7. The van der Waals surface area contributed by atoms with Gasteiger partial charge in [0.2, 0.25) is 0 Å². The minimum absolute atomic E-state index is 0.0201. The van der Waals surface area contributed by atoms with Gasteiger partial charge in [0.1, 0.15) is 0 Å². The van der Waals surface area contributed by atoms with Crippen molar-refractivity contribution in [3.05, 3.63) is 178 Å². The molecule has 64 heavy (non-hydrogen) atoms. The zero-order valence-corrected chi connectivity index (χ0v) is 41.7. The molecule has 7 aromatic carbocycles. The third kappa shape index (κ3) is 7.21. The highest BCUT2D eigenvalue weighted by molar-refractivity contribution is 5.96. The summed E-state index contributed by atoms with van der Waals surface area (Å²) >= 11 is 0. The Kier molecular flexibility index (Phi) is 9.93. The van der Waals surface area contributed by atoms with Crippen LogP contribution in [0.4, 0.5) is 0 Å². The van der Waals surface area contributed by atoms with Crippen molar-refractivity contribution in [2.75, 3.05) is 0 Å². The molecule has 7 aromatic rings. The van der Waals surface area contributed by atoms with E-state index in [-0.39, 0.29) is 32.5 Å². The molecule has 2 aliphatic rings. The van der Waals surface area contributed by atoms with Crippen molar-refractivity contribution in [3.63, 3.8) is 0 Å². The van der Waals surface area contributed by atoms with Crippen LogP contribution in [0.1, 0.15) is 155 Å². The highest BCUT2D eigenvalue weighted by atomic mass is 14.4. The van der Waals surface area contributed by atoms with Crippen LogP contribution in [0.5, 0.6) is 0 Å². The first-order valence-electron chi connectivity index (χ1n) is 23.8. The molecular weight excluding hydrogens is 769 g/mol. The van der Waals surface area contributed by atoms with Gasteiger partial charge in [-0.15, -0.1) is 0 Å². The van der Waals surface area contributed by atoms with Gasteiger partial charge in [-0.1, -0.05) is 232 Å². The normalized spacial score (nSPS) is 15.1. The number of fused-ring (bicyclic) bond motifs is 6. The second-order valence-corrected chi connectivity index (χ2v) is 24.4. The topological polar surface area (TPSA) is 0 Å². The highest BCUT2D eigenvalue weighted by Crippen LogP contribution is 2.56. The van der Waals surface area contributed by atoms with E-state index in [1.54, 1.807) is 0 Å². The Hall–Kier alpha value is -5.46. The van der Waals surface area contributed by atoms with Crippen LogP contribution in [-0.2, 0) is 32.5 Å². The van der Waals surface area contributed by atoms with Crippen LogP contribution in [0.25, 0.3) is 66.8 Å². The van der Waals surface area contributed by atoms with E-state index < -0.39 is 0 Å². The number of hydrogen-bond acceptors (Lipinski definition) is 0. The summed E-state index contributed by atoms with van der Waals surface area (Å²) in [5.41, 5.74) is 27.0. The third-order valence-electron chi connectivity index (χ3n) is 15.0. The molecule has 0 saturated carbocycles. The molecule has 0 aromatic heterocycles. The average molecular weight is 839 g/mol. The summed E-state index contributed by atoms with van der Waals surface area (Å²) in [7, 11) is 0. The van der Waals surface area contributed by atoms with Gasteiger partial charge in [0.15, 0.2) is 0 Å². The fourth-order valence-electron chi connectivity index (χ4n) is 10.6. The lowest BCUT2D eigenvalue weighted by Gasteiger charge is -2.27. The molecule has 0 spiro atoms. The number of hydrogen-bond donors (Lipinski definition) is 0. The van der Waals surface area contributed by atoms with Crippen molar-refractivity contribution in [1.29, 1.82) is 0 Å². The molecule has 326 valence electrons. The smallest absolute Gasteiger partial charge is 0.0159 e. The second kappa shape index (κ2) is 14.5. The Morgan fingerprint density at radius 1 is 0.266 bits per heavy atom. The summed E-state index contributed by atoms with van der Waals surface area (Å²) in [5, 5.41) is 0. The van der Waals surface area contributed by atoms with E-state index in [1.165, 1.54) is 111 Å². The molecule has 0 nitrogen and oxygen atoms in total. The van der Waals surface area contributed by atoms with Crippen molar-refractivity contribution >= 4 is 0 Å². The molecule has 0 amide bonds. The zero-order chi connectivity index (χ0) is 46.1. The molecule has 0 heterocycles. The quantitative estimate of drug-likeness (QED) is 0.166. The third-order valence-corrected chi connectivity index (χ3v) is 15.0. The number of benzene rings is 7. The molecular formula is C64H70. The van der Waals surface area contributed by atoms with Crippen molar-refractivity contribution in [2.24, 2.45) is 0 Å². The van der Waals surface area contributed by atoms with Crippen LogP contribution >= 0.6 is 0 Å². The summed E-state index contributed by atoms with van der Waals surface area (Å²) in [4.78, 5) is 0. The Morgan fingerprint density at radius 3 is 0.844 bits per heavy atom. The maximum Gasteiger partial charge on any atom is 0.0159 e. The Balaban J connectivity index is 1.11. The summed E-state index contributed by atoms with van der Waals surface area (Å²) in [6.45, 7) is 37.7. The standard InChI is InChI=1S/C64H70/c1-59(2,3)43-29-31-49-53(35-43)63(13,14)55-37-45(61(7,8)9)33-51(57(49)55)41-25-21-39(22-26-41)47-19-17-18-20-48(47)40-23-27-42(28-24-40)52-34-46(62(10,11)12)38-56-58(52)50-32-30-44(60(4,5)6)36-54(50)64(56,15)16/h17-38H,1-16H3. The van der Waals surface area contributed by atoms with Crippen LogP contribution in [0.2, 0.25) is 0 Å². The number of rotatable bonds is 4. The van der Waals surface area contributed by atoms with Crippen LogP contribution in [0, 0.1) is 0 Å². The van der Waals surface area contributed by atoms with Crippen molar-refractivity contribution < 1.29 is 0 Å². The first-order valence-corrected chi connectivity index (χ1v) is 23.8. The molecule has 0 N–H and O–H groups in total. The lowest BCUT2D eigenvalue weighted by atomic mass is 9.76. The van der Waals surface area contributed by atoms with Crippen molar-refractivity contribution in [1.82, 2.24) is 0 Å². The van der Waals surface area contributed by atoms with Crippen LogP contribution < -0.4 is 0 Å². The largest absolute Gasteiger partial charge is 0.0616 e. The summed E-state index contributed by atoms with van der Waals surface area (Å²) < 4.78 is 0. The molecule has 0 unspecified atom stereocenters. The minimum atomic E-state index is -0.0942. The van der Waals surface area contributed by atoms with Gasteiger partial charge in [-0.2, -0.15) is 0 Å². The van der Waals surface area contributed by atoms with E-state index in [1.807, 2.05) is 0 Å². The van der Waals surface area contributed by atoms with E-state index in [9.17, 15) is 0 Å². The van der Waals surface area contributed by atoms with Crippen LogP contribution in [0.3, 0.4) is 0 Å². The Labute approximate surface area is 386 Å². The van der Waals surface area contributed by atoms with Gasteiger partial charge in [0.05, 0.1) is 0 Å². The maximum absolute atomic E-state index is 2.50.